The molecule has 124 valence electrons. The first-order valence-electron chi connectivity index (χ1n) is 8.74. The highest BCUT2D eigenvalue weighted by atomic mass is 16.5. The molecule has 3 rings (SSSR count). The summed E-state index contributed by atoms with van der Waals surface area (Å²) >= 11 is 0. The van der Waals surface area contributed by atoms with Gasteiger partial charge in [0.1, 0.15) is 5.75 Å². The van der Waals surface area contributed by atoms with E-state index >= 15 is 0 Å². The molecular formula is C19H26N2O2. The number of likely N-dealkylation sites (tertiary alicyclic amines) is 1. The standard InChI is InChI=1S/C19H26N2O2/c1-2-23-17-9-4-3-7-15(17)18-16-8-5-6-10-19(16,22)11-13-21(18)14-12-20/h3-4,7,9,16,18,22H,2,5-6,8,10-11,13-14H2,1H3/t16-,18+,19-/m1/s1. The maximum atomic E-state index is 11.2. The molecule has 1 heterocycles. The normalized spacial score (nSPS) is 31.2. The third kappa shape index (κ3) is 3.08. The number of aliphatic hydroxyl groups is 1. The minimum absolute atomic E-state index is 0.0662. The van der Waals surface area contributed by atoms with Gasteiger partial charge in [0.15, 0.2) is 0 Å². The van der Waals surface area contributed by atoms with Gasteiger partial charge in [0.05, 0.1) is 24.8 Å². The Hall–Kier alpha value is -1.57. The van der Waals surface area contributed by atoms with Gasteiger partial charge >= 0.3 is 0 Å². The lowest BCUT2D eigenvalue weighted by Crippen LogP contribution is -2.54. The van der Waals surface area contributed by atoms with Crippen LogP contribution >= 0.6 is 0 Å². The van der Waals surface area contributed by atoms with Gasteiger partial charge in [-0.15, -0.1) is 0 Å². The number of ether oxygens (including phenoxy) is 1. The topological polar surface area (TPSA) is 56.5 Å². The quantitative estimate of drug-likeness (QED) is 0.867. The maximum absolute atomic E-state index is 11.2. The molecule has 1 aromatic rings. The van der Waals surface area contributed by atoms with Crippen molar-refractivity contribution < 1.29 is 9.84 Å². The van der Waals surface area contributed by atoms with E-state index in [-0.39, 0.29) is 12.0 Å². The lowest BCUT2D eigenvalue weighted by atomic mass is 9.66. The second-order valence-corrected chi connectivity index (χ2v) is 6.75. The summed E-state index contributed by atoms with van der Waals surface area (Å²) < 4.78 is 5.84. The van der Waals surface area contributed by atoms with E-state index in [1.54, 1.807) is 0 Å². The van der Waals surface area contributed by atoms with E-state index in [1.807, 2.05) is 25.1 Å². The van der Waals surface area contributed by atoms with Crippen LogP contribution in [-0.4, -0.2) is 35.3 Å². The van der Waals surface area contributed by atoms with Crippen LogP contribution in [0.25, 0.3) is 0 Å². The summed E-state index contributed by atoms with van der Waals surface area (Å²) in [6, 6.07) is 10.5. The monoisotopic (exact) mass is 314 g/mol. The van der Waals surface area contributed by atoms with Crippen molar-refractivity contribution in [3.8, 4) is 11.8 Å². The van der Waals surface area contributed by atoms with Crippen LogP contribution in [-0.2, 0) is 0 Å². The predicted octanol–water partition coefficient (Wildman–Crippen LogP) is 3.28. The van der Waals surface area contributed by atoms with E-state index < -0.39 is 5.60 Å². The molecule has 4 heteroatoms. The molecule has 0 amide bonds. The molecule has 1 aromatic carbocycles. The van der Waals surface area contributed by atoms with Gasteiger partial charge in [-0.2, -0.15) is 5.26 Å². The number of hydrogen-bond acceptors (Lipinski definition) is 4. The summed E-state index contributed by atoms with van der Waals surface area (Å²) in [6.45, 7) is 3.78. The van der Waals surface area contributed by atoms with Crippen molar-refractivity contribution in [2.45, 2.75) is 50.7 Å². The van der Waals surface area contributed by atoms with Crippen molar-refractivity contribution in [3.05, 3.63) is 29.8 Å². The van der Waals surface area contributed by atoms with Gasteiger partial charge in [-0.05, 0) is 32.3 Å². The highest BCUT2D eigenvalue weighted by molar-refractivity contribution is 5.37. The van der Waals surface area contributed by atoms with Crippen LogP contribution in [0.15, 0.2) is 24.3 Å². The van der Waals surface area contributed by atoms with Crippen LogP contribution in [0.2, 0.25) is 0 Å². The number of hydrogen-bond donors (Lipinski definition) is 1. The number of piperidine rings is 1. The summed E-state index contributed by atoms with van der Waals surface area (Å²) in [5, 5.41) is 20.4. The van der Waals surface area contributed by atoms with Gasteiger partial charge in [-0.25, -0.2) is 0 Å². The van der Waals surface area contributed by atoms with Gasteiger partial charge in [-0.3, -0.25) is 4.90 Å². The molecule has 1 aliphatic heterocycles. The van der Waals surface area contributed by atoms with Crippen molar-refractivity contribution in [1.82, 2.24) is 4.90 Å². The third-order valence-electron chi connectivity index (χ3n) is 5.48. The van der Waals surface area contributed by atoms with E-state index in [2.05, 4.69) is 17.0 Å². The number of benzene rings is 1. The molecule has 1 saturated carbocycles. The van der Waals surface area contributed by atoms with Crippen molar-refractivity contribution >= 4 is 0 Å². The summed E-state index contributed by atoms with van der Waals surface area (Å²) in [5.41, 5.74) is 0.531. The molecular weight excluding hydrogens is 288 g/mol. The zero-order valence-corrected chi connectivity index (χ0v) is 13.9. The Labute approximate surface area is 138 Å². The van der Waals surface area contributed by atoms with Gasteiger partial charge in [-0.1, -0.05) is 31.0 Å². The van der Waals surface area contributed by atoms with Crippen LogP contribution in [0.3, 0.4) is 0 Å². The van der Waals surface area contributed by atoms with Crippen LogP contribution in [0, 0.1) is 17.2 Å². The smallest absolute Gasteiger partial charge is 0.124 e. The van der Waals surface area contributed by atoms with Crippen LogP contribution in [0.4, 0.5) is 0 Å². The molecule has 1 saturated heterocycles. The lowest BCUT2D eigenvalue weighted by molar-refractivity contribution is -0.122. The van der Waals surface area contributed by atoms with Crippen molar-refractivity contribution in [2.75, 3.05) is 19.7 Å². The first kappa shape index (κ1) is 16.3. The molecule has 1 N–H and O–H groups in total. The van der Waals surface area contributed by atoms with E-state index in [1.165, 1.54) is 0 Å². The highest BCUT2D eigenvalue weighted by Crippen LogP contribution is 2.50. The Balaban J connectivity index is 2.01. The molecule has 3 atom stereocenters. The Bertz CT molecular complexity index is 583. The molecule has 4 nitrogen and oxygen atoms in total. The average Bonchev–Trinajstić information content (AvgIpc) is 2.56. The number of nitriles is 1. The summed E-state index contributed by atoms with van der Waals surface area (Å²) in [5.74, 6) is 1.07. The summed E-state index contributed by atoms with van der Waals surface area (Å²) in [7, 11) is 0. The first-order chi connectivity index (χ1) is 11.2. The predicted molar refractivity (Wildman–Crippen MR) is 89.1 cm³/mol. The molecule has 0 aromatic heterocycles. The first-order valence-corrected chi connectivity index (χ1v) is 8.74. The molecule has 2 aliphatic rings. The second-order valence-electron chi connectivity index (χ2n) is 6.75. The fourth-order valence-electron chi connectivity index (χ4n) is 4.44. The molecule has 0 radical (unpaired) electrons. The zero-order chi connectivity index (χ0) is 16.3. The SMILES string of the molecule is CCOc1ccccc1[C@H]1[C@H]2CCCC[C@@]2(O)CCN1CC#N. The van der Waals surface area contributed by atoms with E-state index in [0.29, 0.717) is 13.2 Å². The van der Waals surface area contributed by atoms with Crippen molar-refractivity contribution in [1.29, 1.82) is 5.26 Å². The Kier molecular flexibility index (Phi) is 4.89. The minimum atomic E-state index is -0.589. The van der Waals surface area contributed by atoms with Crippen molar-refractivity contribution in [2.24, 2.45) is 5.92 Å². The Morgan fingerprint density at radius 3 is 2.96 bits per heavy atom. The molecule has 1 aliphatic carbocycles. The summed E-state index contributed by atoms with van der Waals surface area (Å²) in [6.07, 6.45) is 4.92. The van der Waals surface area contributed by atoms with Crippen LogP contribution in [0.5, 0.6) is 5.75 Å². The molecule has 0 unspecified atom stereocenters. The summed E-state index contributed by atoms with van der Waals surface area (Å²) in [4.78, 5) is 2.22. The van der Waals surface area contributed by atoms with Gasteiger partial charge in [0.25, 0.3) is 0 Å². The highest BCUT2D eigenvalue weighted by Gasteiger charge is 2.49. The molecule has 2 fully saturated rings. The van der Waals surface area contributed by atoms with Gasteiger partial charge < -0.3 is 9.84 Å². The van der Waals surface area contributed by atoms with Crippen LogP contribution in [0.1, 0.15) is 50.6 Å². The number of nitrogens with zero attached hydrogens (tertiary/aromatic N) is 2. The van der Waals surface area contributed by atoms with E-state index in [9.17, 15) is 10.4 Å². The lowest BCUT2D eigenvalue weighted by Gasteiger charge is -2.52. The van der Waals surface area contributed by atoms with E-state index in [4.69, 9.17) is 4.74 Å². The maximum Gasteiger partial charge on any atom is 0.124 e. The van der Waals surface area contributed by atoms with E-state index in [0.717, 1.165) is 50.0 Å². The second kappa shape index (κ2) is 6.90. The number of fused-ring (bicyclic) bond motifs is 1. The third-order valence-corrected chi connectivity index (χ3v) is 5.48. The minimum Gasteiger partial charge on any atom is -0.494 e. The molecule has 0 bridgehead atoms. The van der Waals surface area contributed by atoms with Crippen molar-refractivity contribution in [3.63, 3.8) is 0 Å². The zero-order valence-electron chi connectivity index (χ0n) is 13.9. The average molecular weight is 314 g/mol. The number of para-hydroxylation sites is 1. The van der Waals surface area contributed by atoms with Gasteiger partial charge in [0, 0.05) is 24.1 Å². The number of rotatable bonds is 4. The Morgan fingerprint density at radius 2 is 2.17 bits per heavy atom. The molecule has 23 heavy (non-hydrogen) atoms. The fraction of sp³-hybridized carbons (Fsp3) is 0.632. The fourth-order valence-corrected chi connectivity index (χ4v) is 4.44. The van der Waals surface area contributed by atoms with Crippen LogP contribution < -0.4 is 4.74 Å². The molecule has 0 spiro atoms. The van der Waals surface area contributed by atoms with Gasteiger partial charge in [0.2, 0.25) is 0 Å². The Morgan fingerprint density at radius 1 is 1.35 bits per heavy atom. The largest absolute Gasteiger partial charge is 0.494 e.